The summed E-state index contributed by atoms with van der Waals surface area (Å²) in [5.74, 6) is 0.954. The van der Waals surface area contributed by atoms with E-state index in [9.17, 15) is 4.79 Å². The highest BCUT2D eigenvalue weighted by molar-refractivity contribution is 6.00. The summed E-state index contributed by atoms with van der Waals surface area (Å²) >= 11 is 0. The number of nitrogens with two attached hydrogens (primary N) is 1. The van der Waals surface area contributed by atoms with E-state index in [4.69, 9.17) is 15.2 Å². The van der Waals surface area contributed by atoms with Gasteiger partial charge in [-0.2, -0.15) is 10.1 Å². The SMILES string of the molecule is CCOC(=O)c1cnc(NC(C)/C(C(C)=NC)=C(\C)N)nc1Nc1cccc(-c2ncn(C)n2)c1OC. The Morgan fingerprint density at radius 2 is 2.03 bits per heavy atom. The van der Waals surface area contributed by atoms with Gasteiger partial charge in [-0.15, -0.1) is 0 Å². The van der Waals surface area contributed by atoms with Gasteiger partial charge in [-0.1, -0.05) is 6.07 Å². The van der Waals surface area contributed by atoms with Crippen LogP contribution in [0.1, 0.15) is 38.1 Å². The first-order valence-electron chi connectivity index (χ1n) is 11.7. The summed E-state index contributed by atoms with van der Waals surface area (Å²) in [5.41, 5.74) is 9.78. The molecule has 1 aromatic carbocycles. The fraction of sp³-hybridized carbons (Fsp3) is 0.360. The fourth-order valence-corrected chi connectivity index (χ4v) is 3.85. The molecule has 0 aliphatic carbocycles. The van der Waals surface area contributed by atoms with Gasteiger partial charge >= 0.3 is 5.97 Å². The van der Waals surface area contributed by atoms with E-state index in [0.717, 1.165) is 11.3 Å². The molecule has 37 heavy (non-hydrogen) atoms. The van der Waals surface area contributed by atoms with Crippen LogP contribution in [0.15, 0.2) is 47.0 Å². The number of anilines is 3. The highest BCUT2D eigenvalue weighted by Gasteiger charge is 2.21. The van der Waals surface area contributed by atoms with E-state index in [2.05, 4.69) is 35.7 Å². The normalized spacial score (nSPS) is 13.0. The van der Waals surface area contributed by atoms with Crippen molar-refractivity contribution in [2.75, 3.05) is 31.4 Å². The number of ether oxygens (including phenoxy) is 2. The number of nitrogens with zero attached hydrogens (tertiary/aromatic N) is 6. The lowest BCUT2D eigenvalue weighted by Crippen LogP contribution is -2.26. The van der Waals surface area contributed by atoms with Crippen molar-refractivity contribution < 1.29 is 14.3 Å². The molecule has 3 rings (SSSR count). The van der Waals surface area contributed by atoms with E-state index in [1.165, 1.54) is 6.20 Å². The molecule has 0 aliphatic rings. The number of allylic oxidation sites excluding steroid dienone is 1. The zero-order chi connectivity index (χ0) is 27.1. The first-order valence-corrected chi connectivity index (χ1v) is 11.7. The van der Waals surface area contributed by atoms with Gasteiger partial charge < -0.3 is 25.8 Å². The maximum atomic E-state index is 12.7. The average molecular weight is 508 g/mol. The van der Waals surface area contributed by atoms with Gasteiger partial charge in [-0.25, -0.2) is 14.8 Å². The monoisotopic (exact) mass is 507 g/mol. The Kier molecular flexibility index (Phi) is 8.77. The van der Waals surface area contributed by atoms with E-state index in [1.807, 2.05) is 32.9 Å². The van der Waals surface area contributed by atoms with E-state index in [-0.39, 0.29) is 30.0 Å². The number of carbonyl (C=O) groups is 1. The first-order chi connectivity index (χ1) is 17.7. The lowest BCUT2D eigenvalue weighted by Gasteiger charge is -2.20. The number of aromatic nitrogens is 5. The summed E-state index contributed by atoms with van der Waals surface area (Å²) in [6.45, 7) is 7.57. The number of hydrogen-bond donors (Lipinski definition) is 3. The third-order valence-electron chi connectivity index (χ3n) is 5.53. The van der Waals surface area contributed by atoms with Crippen molar-refractivity contribution in [3.8, 4) is 17.1 Å². The molecule has 0 saturated heterocycles. The maximum Gasteiger partial charge on any atom is 0.343 e. The smallest absolute Gasteiger partial charge is 0.343 e. The van der Waals surface area contributed by atoms with Crippen molar-refractivity contribution in [2.24, 2.45) is 17.8 Å². The Morgan fingerprint density at radius 1 is 1.27 bits per heavy atom. The molecule has 0 aliphatic heterocycles. The van der Waals surface area contributed by atoms with Crippen LogP contribution in [0.5, 0.6) is 5.75 Å². The maximum absolute atomic E-state index is 12.7. The summed E-state index contributed by atoms with van der Waals surface area (Å²) in [4.78, 5) is 30.2. The summed E-state index contributed by atoms with van der Waals surface area (Å²) in [5, 5.41) is 10.8. The predicted octanol–water partition coefficient (Wildman–Crippen LogP) is 3.32. The van der Waals surface area contributed by atoms with Gasteiger partial charge in [0.1, 0.15) is 11.9 Å². The number of para-hydroxylation sites is 1. The second kappa shape index (κ2) is 12.0. The number of carbonyl (C=O) groups excluding carboxylic acids is 1. The number of benzene rings is 1. The quantitative estimate of drug-likeness (QED) is 0.275. The summed E-state index contributed by atoms with van der Waals surface area (Å²) in [7, 11) is 5.04. The van der Waals surface area contributed by atoms with E-state index >= 15 is 0 Å². The van der Waals surface area contributed by atoms with Crippen LogP contribution < -0.4 is 21.1 Å². The summed E-state index contributed by atoms with van der Waals surface area (Å²) < 4.78 is 12.5. The Labute approximate surface area is 216 Å². The van der Waals surface area contributed by atoms with Gasteiger partial charge in [-0.05, 0) is 39.8 Å². The fourth-order valence-electron chi connectivity index (χ4n) is 3.85. The number of aliphatic imine (C=N–C) groups is 1. The van der Waals surface area contributed by atoms with Crippen molar-refractivity contribution >= 4 is 29.1 Å². The molecule has 0 bridgehead atoms. The molecule has 12 heteroatoms. The molecule has 196 valence electrons. The number of nitrogens with one attached hydrogen (secondary N) is 2. The van der Waals surface area contributed by atoms with Crippen LogP contribution in [0, 0.1) is 0 Å². The standard InChI is InChI=1S/C25H33N9O3/c1-8-37-24(35)18-12-28-25(30-16(4)20(14(2)26)15(3)27-5)32-23(18)31-19-11-9-10-17(21(19)36-7)22-29-13-34(6)33-22/h9-13,16H,8,26H2,1-7H3,(H2,28,30,31,32)/b20-14+,27-15?. The number of rotatable bonds is 10. The molecule has 4 N–H and O–H groups in total. The van der Waals surface area contributed by atoms with Crippen LogP contribution in [-0.4, -0.2) is 63.2 Å². The molecule has 0 fully saturated rings. The molecule has 2 aromatic heterocycles. The molecule has 1 unspecified atom stereocenters. The van der Waals surface area contributed by atoms with E-state index in [1.54, 1.807) is 45.2 Å². The molecule has 0 amide bonds. The minimum Gasteiger partial charge on any atom is -0.494 e. The lowest BCUT2D eigenvalue weighted by molar-refractivity contribution is 0.0526. The molecule has 0 spiro atoms. The van der Waals surface area contributed by atoms with Crippen LogP contribution in [-0.2, 0) is 11.8 Å². The predicted molar refractivity (Wildman–Crippen MR) is 143 cm³/mol. The van der Waals surface area contributed by atoms with Crippen LogP contribution in [0.3, 0.4) is 0 Å². The molecular formula is C25H33N9O3. The van der Waals surface area contributed by atoms with E-state index in [0.29, 0.717) is 28.5 Å². The molecule has 0 radical (unpaired) electrons. The molecule has 2 heterocycles. The Bertz CT molecular complexity index is 1330. The van der Waals surface area contributed by atoms with Crippen LogP contribution >= 0.6 is 0 Å². The van der Waals surface area contributed by atoms with Crippen molar-refractivity contribution in [3.63, 3.8) is 0 Å². The van der Waals surface area contributed by atoms with Crippen molar-refractivity contribution in [1.29, 1.82) is 0 Å². The van der Waals surface area contributed by atoms with Crippen molar-refractivity contribution in [3.05, 3.63) is 47.6 Å². The highest BCUT2D eigenvalue weighted by Crippen LogP contribution is 2.36. The van der Waals surface area contributed by atoms with Gasteiger partial charge in [0.25, 0.3) is 0 Å². The second-order valence-corrected chi connectivity index (χ2v) is 8.20. The number of methoxy groups -OCH3 is 1. The minimum absolute atomic E-state index is 0.167. The van der Waals surface area contributed by atoms with Gasteiger partial charge in [-0.3, -0.25) is 9.67 Å². The Morgan fingerprint density at radius 3 is 2.62 bits per heavy atom. The zero-order valence-electron chi connectivity index (χ0n) is 22.2. The molecular weight excluding hydrogens is 474 g/mol. The van der Waals surface area contributed by atoms with Crippen LogP contribution in [0.4, 0.5) is 17.5 Å². The molecule has 1 atom stereocenters. The Balaban J connectivity index is 2.04. The highest BCUT2D eigenvalue weighted by atomic mass is 16.5. The number of aryl methyl sites for hydroxylation is 1. The average Bonchev–Trinajstić information content (AvgIpc) is 3.29. The van der Waals surface area contributed by atoms with Crippen molar-refractivity contribution in [2.45, 2.75) is 33.7 Å². The van der Waals surface area contributed by atoms with E-state index < -0.39 is 5.97 Å². The third-order valence-corrected chi connectivity index (χ3v) is 5.53. The van der Waals surface area contributed by atoms with Gasteiger partial charge in [0.05, 0.1) is 31.0 Å². The molecule has 3 aromatic rings. The summed E-state index contributed by atoms with van der Waals surface area (Å²) in [6.07, 6.45) is 3.02. The van der Waals surface area contributed by atoms with Crippen LogP contribution in [0.2, 0.25) is 0 Å². The second-order valence-electron chi connectivity index (χ2n) is 8.20. The Hall–Kier alpha value is -4.48. The van der Waals surface area contributed by atoms with Gasteiger partial charge in [0.15, 0.2) is 17.4 Å². The zero-order valence-corrected chi connectivity index (χ0v) is 22.2. The first kappa shape index (κ1) is 27.1. The van der Waals surface area contributed by atoms with Gasteiger partial charge in [0.2, 0.25) is 5.95 Å². The third kappa shape index (κ3) is 6.21. The molecule has 12 nitrogen and oxygen atoms in total. The topological polar surface area (TPSA) is 154 Å². The largest absolute Gasteiger partial charge is 0.494 e. The lowest BCUT2D eigenvalue weighted by atomic mass is 10.0. The number of hydrogen-bond acceptors (Lipinski definition) is 11. The molecule has 0 saturated carbocycles. The van der Waals surface area contributed by atoms with Crippen molar-refractivity contribution in [1.82, 2.24) is 24.7 Å². The minimum atomic E-state index is -0.557. The summed E-state index contributed by atoms with van der Waals surface area (Å²) in [6, 6.07) is 5.23. The van der Waals surface area contributed by atoms with Crippen LogP contribution in [0.25, 0.3) is 11.4 Å². The van der Waals surface area contributed by atoms with Gasteiger partial charge in [0, 0.05) is 37.3 Å². The number of esters is 1.